The zero-order chi connectivity index (χ0) is 20.6. The van der Waals surface area contributed by atoms with Crippen molar-refractivity contribution in [2.75, 3.05) is 17.2 Å². The summed E-state index contributed by atoms with van der Waals surface area (Å²) in [6, 6.07) is 20.2. The lowest BCUT2D eigenvalue weighted by Gasteiger charge is -2.15. The number of benzene rings is 2. The van der Waals surface area contributed by atoms with Crippen LogP contribution in [-0.4, -0.2) is 23.5 Å². The number of carbonyl (C=O) groups excluding carboxylic acids is 2. The first kappa shape index (κ1) is 20.1. The van der Waals surface area contributed by atoms with Gasteiger partial charge in [-0.15, -0.1) is 0 Å². The number of amides is 1. The molecule has 0 spiro atoms. The normalized spacial score (nSPS) is 11.4. The van der Waals surface area contributed by atoms with E-state index in [1.807, 2.05) is 24.3 Å². The number of hydrogen-bond donors (Lipinski definition) is 2. The molecule has 1 unspecified atom stereocenters. The minimum absolute atomic E-state index is 0.121. The van der Waals surface area contributed by atoms with Gasteiger partial charge in [-0.25, -0.2) is 9.78 Å². The van der Waals surface area contributed by atoms with Gasteiger partial charge in [0.05, 0.1) is 24.1 Å². The molecular formula is C23H23N3O3. The van der Waals surface area contributed by atoms with Crippen LogP contribution in [0.25, 0.3) is 0 Å². The summed E-state index contributed by atoms with van der Waals surface area (Å²) in [6.07, 6.45) is 1.64. The molecule has 6 nitrogen and oxygen atoms in total. The predicted molar refractivity (Wildman–Crippen MR) is 113 cm³/mol. The molecule has 148 valence electrons. The van der Waals surface area contributed by atoms with Crippen LogP contribution in [0.15, 0.2) is 72.9 Å². The van der Waals surface area contributed by atoms with Crippen molar-refractivity contribution >= 4 is 23.3 Å². The number of aromatic nitrogens is 1. The van der Waals surface area contributed by atoms with Crippen LogP contribution in [0.1, 0.15) is 46.3 Å². The lowest BCUT2D eigenvalue weighted by Crippen LogP contribution is -2.14. The molecule has 2 N–H and O–H groups in total. The van der Waals surface area contributed by atoms with Crippen molar-refractivity contribution in [2.24, 2.45) is 0 Å². The highest BCUT2D eigenvalue weighted by Gasteiger charge is 2.11. The van der Waals surface area contributed by atoms with Gasteiger partial charge in [0.1, 0.15) is 5.69 Å². The summed E-state index contributed by atoms with van der Waals surface area (Å²) in [7, 11) is 0. The highest BCUT2D eigenvalue weighted by atomic mass is 16.5. The highest BCUT2D eigenvalue weighted by molar-refractivity contribution is 6.03. The summed E-state index contributed by atoms with van der Waals surface area (Å²) in [5, 5.41) is 6.13. The second-order valence-corrected chi connectivity index (χ2v) is 6.46. The second-order valence-electron chi connectivity index (χ2n) is 6.46. The van der Waals surface area contributed by atoms with E-state index in [0.29, 0.717) is 23.6 Å². The molecule has 0 aliphatic heterocycles. The Hall–Kier alpha value is -3.67. The molecule has 6 heteroatoms. The molecular weight excluding hydrogens is 366 g/mol. The van der Waals surface area contributed by atoms with E-state index < -0.39 is 0 Å². The van der Waals surface area contributed by atoms with Crippen LogP contribution < -0.4 is 10.6 Å². The van der Waals surface area contributed by atoms with E-state index in [4.69, 9.17) is 4.74 Å². The Morgan fingerprint density at radius 1 is 0.966 bits per heavy atom. The number of nitrogens with one attached hydrogen (secondary N) is 2. The first-order chi connectivity index (χ1) is 14.1. The van der Waals surface area contributed by atoms with E-state index in [9.17, 15) is 9.59 Å². The first-order valence-corrected chi connectivity index (χ1v) is 9.43. The molecule has 0 aliphatic rings. The number of pyridine rings is 1. The summed E-state index contributed by atoms with van der Waals surface area (Å²) < 4.78 is 4.94. The van der Waals surface area contributed by atoms with Gasteiger partial charge in [0, 0.05) is 11.7 Å². The van der Waals surface area contributed by atoms with Crippen molar-refractivity contribution < 1.29 is 14.3 Å². The van der Waals surface area contributed by atoms with Crippen LogP contribution in [0.3, 0.4) is 0 Å². The quantitative estimate of drug-likeness (QED) is 0.573. The van der Waals surface area contributed by atoms with Gasteiger partial charge in [-0.1, -0.05) is 30.3 Å². The Morgan fingerprint density at radius 3 is 2.28 bits per heavy atom. The van der Waals surface area contributed by atoms with Crippen LogP contribution in [0.2, 0.25) is 0 Å². The number of anilines is 2. The van der Waals surface area contributed by atoms with E-state index in [1.54, 1.807) is 43.5 Å². The molecule has 0 aliphatic carbocycles. The van der Waals surface area contributed by atoms with Crippen molar-refractivity contribution in [1.29, 1.82) is 0 Å². The Bertz CT molecular complexity index is 955. The maximum atomic E-state index is 12.4. The highest BCUT2D eigenvalue weighted by Crippen LogP contribution is 2.19. The van der Waals surface area contributed by atoms with Gasteiger partial charge < -0.3 is 15.4 Å². The molecule has 0 saturated heterocycles. The second kappa shape index (κ2) is 9.50. The topological polar surface area (TPSA) is 80.3 Å². The largest absolute Gasteiger partial charge is 0.462 e. The fourth-order valence-corrected chi connectivity index (χ4v) is 2.79. The minimum atomic E-state index is -0.389. The molecule has 2 aromatic carbocycles. The average Bonchev–Trinajstić information content (AvgIpc) is 2.75. The maximum absolute atomic E-state index is 12.4. The first-order valence-electron chi connectivity index (χ1n) is 9.43. The van der Waals surface area contributed by atoms with Gasteiger partial charge in [0.2, 0.25) is 0 Å². The zero-order valence-electron chi connectivity index (χ0n) is 16.4. The van der Waals surface area contributed by atoms with E-state index >= 15 is 0 Å². The third kappa shape index (κ3) is 5.42. The number of ether oxygens (including phenoxy) is 1. The van der Waals surface area contributed by atoms with E-state index in [2.05, 4.69) is 34.7 Å². The number of nitrogens with zero attached hydrogens (tertiary/aromatic N) is 1. The molecule has 1 atom stereocenters. The van der Waals surface area contributed by atoms with E-state index in [-0.39, 0.29) is 17.9 Å². The van der Waals surface area contributed by atoms with Crippen LogP contribution in [0.4, 0.5) is 11.4 Å². The van der Waals surface area contributed by atoms with Gasteiger partial charge in [0.25, 0.3) is 5.91 Å². The fourth-order valence-electron chi connectivity index (χ4n) is 2.79. The van der Waals surface area contributed by atoms with Gasteiger partial charge in [-0.2, -0.15) is 0 Å². The summed E-state index contributed by atoms with van der Waals surface area (Å²) in [5.41, 5.74) is 3.31. The molecule has 0 fully saturated rings. The Kier molecular flexibility index (Phi) is 6.58. The summed E-state index contributed by atoms with van der Waals surface area (Å²) in [6.45, 7) is 4.14. The average molecular weight is 389 g/mol. The lowest BCUT2D eigenvalue weighted by atomic mass is 10.1. The number of hydrogen-bond acceptors (Lipinski definition) is 5. The molecule has 1 heterocycles. The van der Waals surface area contributed by atoms with Gasteiger partial charge in [-0.05, 0) is 55.8 Å². The lowest BCUT2D eigenvalue weighted by molar-refractivity contribution is 0.0526. The van der Waals surface area contributed by atoms with Gasteiger partial charge >= 0.3 is 5.97 Å². The van der Waals surface area contributed by atoms with Crippen LogP contribution in [0.5, 0.6) is 0 Å². The van der Waals surface area contributed by atoms with Crippen molar-refractivity contribution in [3.05, 3.63) is 89.7 Å². The van der Waals surface area contributed by atoms with Gasteiger partial charge in [0.15, 0.2) is 0 Å². The van der Waals surface area contributed by atoms with Crippen LogP contribution >= 0.6 is 0 Å². The Labute approximate surface area is 169 Å². The molecule has 29 heavy (non-hydrogen) atoms. The SMILES string of the molecule is CCOC(=O)c1ccc(NC(=O)c2ccc(NC(C)c3ccccc3)cn2)cc1. The monoisotopic (exact) mass is 389 g/mol. The number of rotatable bonds is 7. The van der Waals surface area contributed by atoms with Crippen molar-refractivity contribution in [3.63, 3.8) is 0 Å². The van der Waals surface area contributed by atoms with Crippen LogP contribution in [0, 0.1) is 0 Å². The molecule has 3 aromatic rings. The zero-order valence-corrected chi connectivity index (χ0v) is 16.4. The predicted octanol–water partition coefficient (Wildman–Crippen LogP) is 4.68. The summed E-state index contributed by atoms with van der Waals surface area (Å²) in [5.74, 6) is -0.712. The number of esters is 1. The fraction of sp³-hybridized carbons (Fsp3) is 0.174. The third-order valence-corrected chi connectivity index (χ3v) is 4.33. The van der Waals surface area contributed by atoms with Gasteiger partial charge in [-0.3, -0.25) is 4.79 Å². The molecule has 1 amide bonds. The minimum Gasteiger partial charge on any atom is -0.462 e. The maximum Gasteiger partial charge on any atom is 0.338 e. The van der Waals surface area contributed by atoms with E-state index in [0.717, 1.165) is 5.69 Å². The summed E-state index contributed by atoms with van der Waals surface area (Å²) >= 11 is 0. The van der Waals surface area contributed by atoms with Crippen LogP contribution in [-0.2, 0) is 4.74 Å². The molecule has 0 saturated carbocycles. The summed E-state index contributed by atoms with van der Waals surface area (Å²) in [4.78, 5) is 28.3. The van der Waals surface area contributed by atoms with Crippen molar-refractivity contribution in [2.45, 2.75) is 19.9 Å². The van der Waals surface area contributed by atoms with E-state index in [1.165, 1.54) is 5.56 Å². The smallest absolute Gasteiger partial charge is 0.338 e. The molecule has 0 radical (unpaired) electrons. The molecule has 3 rings (SSSR count). The Balaban J connectivity index is 1.59. The number of carbonyl (C=O) groups is 2. The Morgan fingerprint density at radius 2 is 1.66 bits per heavy atom. The molecule has 0 bridgehead atoms. The molecule has 1 aromatic heterocycles. The standard InChI is InChI=1S/C23H23N3O3/c1-3-29-23(28)18-9-11-19(12-10-18)26-22(27)21-14-13-20(15-24-21)25-16(2)17-7-5-4-6-8-17/h4-16,25H,3H2,1-2H3,(H,26,27). The van der Waals surface area contributed by atoms with Crippen molar-refractivity contribution in [1.82, 2.24) is 4.98 Å². The third-order valence-electron chi connectivity index (χ3n) is 4.33. The van der Waals surface area contributed by atoms with Crippen molar-refractivity contribution in [3.8, 4) is 0 Å².